The Balaban J connectivity index is 2.59. The van der Waals surface area contributed by atoms with Gasteiger partial charge in [-0.15, -0.1) is 0 Å². The first-order valence-electron chi connectivity index (χ1n) is 5.02. The van der Waals surface area contributed by atoms with E-state index in [-0.39, 0.29) is 17.1 Å². The van der Waals surface area contributed by atoms with Crippen molar-refractivity contribution in [2.45, 2.75) is 6.92 Å². The lowest BCUT2D eigenvalue weighted by molar-refractivity contribution is 0.0697. The molecule has 0 unspecified atom stereocenters. The molecule has 0 amide bonds. The average Bonchev–Trinajstić information content (AvgIpc) is 2.64. The Labute approximate surface area is 97.3 Å². The van der Waals surface area contributed by atoms with Crippen LogP contribution in [0.1, 0.15) is 15.9 Å². The molecule has 0 radical (unpaired) electrons. The summed E-state index contributed by atoms with van der Waals surface area (Å²) in [6, 6.07) is 4.56. The van der Waals surface area contributed by atoms with Gasteiger partial charge in [0.05, 0.1) is 0 Å². The summed E-state index contributed by atoms with van der Waals surface area (Å²) in [5.41, 5.74) is 1.32. The van der Waals surface area contributed by atoms with Crippen LogP contribution in [0.25, 0.3) is 11.3 Å². The summed E-state index contributed by atoms with van der Waals surface area (Å²) in [5, 5.41) is 13.1. The van der Waals surface area contributed by atoms with Crippen molar-refractivity contribution in [3.63, 3.8) is 0 Å². The molecule has 0 saturated heterocycles. The molecule has 1 heterocycles. The molecule has 1 N–H and O–H groups in total. The van der Waals surface area contributed by atoms with Crippen LogP contribution in [0.3, 0.4) is 0 Å². The van der Waals surface area contributed by atoms with Gasteiger partial charge in [0.25, 0.3) is 0 Å². The first-order chi connectivity index (χ1) is 7.99. The molecule has 2 rings (SSSR count). The highest BCUT2D eigenvalue weighted by Crippen LogP contribution is 2.23. The molecule has 1 aromatic carbocycles. The second-order valence-electron chi connectivity index (χ2n) is 3.83. The zero-order chi connectivity index (χ0) is 12.6. The van der Waals surface area contributed by atoms with Gasteiger partial charge in [-0.25, -0.2) is 9.18 Å². The predicted octanol–water partition coefficient (Wildman–Crippen LogP) is 2.23. The Hall–Kier alpha value is -2.17. The molecule has 0 aliphatic carbocycles. The van der Waals surface area contributed by atoms with E-state index in [0.717, 1.165) is 0 Å². The molecular weight excluding hydrogens is 223 g/mol. The van der Waals surface area contributed by atoms with E-state index >= 15 is 0 Å². The van der Waals surface area contributed by atoms with Crippen molar-refractivity contribution in [2.75, 3.05) is 0 Å². The lowest BCUT2D eigenvalue weighted by Gasteiger charge is -2.01. The summed E-state index contributed by atoms with van der Waals surface area (Å²) >= 11 is 0. The van der Waals surface area contributed by atoms with Gasteiger partial charge in [-0.1, -0.05) is 12.1 Å². The quantitative estimate of drug-likeness (QED) is 0.866. The molecule has 1 aromatic heterocycles. The summed E-state index contributed by atoms with van der Waals surface area (Å²) in [5.74, 6) is -1.45. The van der Waals surface area contributed by atoms with E-state index in [1.807, 2.05) is 0 Å². The molecule has 0 fully saturated rings. The minimum absolute atomic E-state index is 0.0655. The van der Waals surface area contributed by atoms with Gasteiger partial charge >= 0.3 is 5.97 Å². The Morgan fingerprint density at radius 1 is 1.47 bits per heavy atom. The van der Waals surface area contributed by atoms with Crippen LogP contribution in [-0.4, -0.2) is 20.9 Å². The van der Waals surface area contributed by atoms with Crippen LogP contribution in [0.5, 0.6) is 0 Å². The van der Waals surface area contributed by atoms with Crippen molar-refractivity contribution in [2.24, 2.45) is 7.05 Å². The summed E-state index contributed by atoms with van der Waals surface area (Å²) < 4.78 is 14.8. The lowest BCUT2D eigenvalue weighted by Crippen LogP contribution is -1.97. The lowest BCUT2D eigenvalue weighted by atomic mass is 10.1. The van der Waals surface area contributed by atoms with Crippen molar-refractivity contribution >= 4 is 5.97 Å². The molecule has 2 aromatic rings. The van der Waals surface area contributed by atoms with Gasteiger partial charge in [-0.05, 0) is 18.6 Å². The molecule has 5 heteroatoms. The molecular formula is C12H11FN2O2. The molecule has 4 nitrogen and oxygen atoms in total. The standard InChI is InChI=1S/C12H11FN2O2/c1-7-3-4-8(5-10(7)13)11-9(12(16)17)6-15(2)14-11/h3-6H,1-2H3,(H,16,17). The van der Waals surface area contributed by atoms with Crippen LogP contribution in [0, 0.1) is 12.7 Å². The van der Waals surface area contributed by atoms with E-state index in [0.29, 0.717) is 11.1 Å². The number of carbonyl (C=O) groups is 1. The Morgan fingerprint density at radius 3 is 2.76 bits per heavy atom. The number of rotatable bonds is 2. The zero-order valence-corrected chi connectivity index (χ0v) is 9.44. The van der Waals surface area contributed by atoms with Gasteiger partial charge in [0.1, 0.15) is 17.1 Å². The maximum atomic E-state index is 13.4. The smallest absolute Gasteiger partial charge is 0.339 e. The largest absolute Gasteiger partial charge is 0.478 e. The summed E-state index contributed by atoms with van der Waals surface area (Å²) in [4.78, 5) is 11.0. The average molecular weight is 234 g/mol. The van der Waals surface area contributed by atoms with E-state index in [1.54, 1.807) is 26.1 Å². The van der Waals surface area contributed by atoms with Crippen molar-refractivity contribution in [1.29, 1.82) is 0 Å². The fourth-order valence-corrected chi connectivity index (χ4v) is 1.60. The maximum Gasteiger partial charge on any atom is 0.339 e. The summed E-state index contributed by atoms with van der Waals surface area (Å²) in [6.45, 7) is 1.65. The van der Waals surface area contributed by atoms with Crippen LogP contribution < -0.4 is 0 Å². The highest BCUT2D eigenvalue weighted by atomic mass is 19.1. The number of nitrogens with zero attached hydrogens (tertiary/aromatic N) is 2. The molecule has 17 heavy (non-hydrogen) atoms. The SMILES string of the molecule is Cc1ccc(-c2nn(C)cc2C(=O)O)cc1F. The molecule has 0 spiro atoms. The van der Waals surface area contributed by atoms with Crippen molar-refractivity contribution in [3.05, 3.63) is 41.3 Å². The number of aromatic carboxylic acids is 1. The van der Waals surface area contributed by atoms with Gasteiger partial charge in [0.15, 0.2) is 0 Å². The Bertz CT molecular complexity index is 590. The molecule has 0 atom stereocenters. The Kier molecular flexibility index (Phi) is 2.67. The summed E-state index contributed by atoms with van der Waals surface area (Å²) in [7, 11) is 1.63. The third kappa shape index (κ3) is 2.04. The fourth-order valence-electron chi connectivity index (χ4n) is 1.60. The normalized spacial score (nSPS) is 10.5. The topological polar surface area (TPSA) is 55.1 Å². The number of hydrogen-bond donors (Lipinski definition) is 1. The van der Waals surface area contributed by atoms with E-state index in [1.165, 1.54) is 16.9 Å². The second kappa shape index (κ2) is 4.01. The van der Waals surface area contributed by atoms with Crippen LogP contribution in [0.15, 0.2) is 24.4 Å². The minimum atomic E-state index is -1.07. The van der Waals surface area contributed by atoms with Gasteiger partial charge in [0, 0.05) is 18.8 Å². The van der Waals surface area contributed by atoms with Crippen LogP contribution >= 0.6 is 0 Å². The molecule has 0 aliphatic rings. The van der Waals surface area contributed by atoms with Gasteiger partial charge in [-0.3, -0.25) is 4.68 Å². The van der Waals surface area contributed by atoms with E-state index < -0.39 is 5.97 Å². The molecule has 0 saturated carbocycles. The van der Waals surface area contributed by atoms with Gasteiger partial charge in [-0.2, -0.15) is 5.10 Å². The number of aromatic nitrogens is 2. The number of aryl methyl sites for hydroxylation is 2. The van der Waals surface area contributed by atoms with E-state index in [4.69, 9.17) is 5.11 Å². The molecule has 0 bridgehead atoms. The first-order valence-corrected chi connectivity index (χ1v) is 5.02. The second-order valence-corrected chi connectivity index (χ2v) is 3.83. The number of hydrogen-bond acceptors (Lipinski definition) is 2. The molecule has 88 valence electrons. The van der Waals surface area contributed by atoms with Crippen LogP contribution in [0.4, 0.5) is 4.39 Å². The van der Waals surface area contributed by atoms with E-state index in [9.17, 15) is 9.18 Å². The van der Waals surface area contributed by atoms with E-state index in [2.05, 4.69) is 5.10 Å². The van der Waals surface area contributed by atoms with Crippen LogP contribution in [-0.2, 0) is 7.05 Å². The van der Waals surface area contributed by atoms with Gasteiger partial charge in [0.2, 0.25) is 0 Å². The van der Waals surface area contributed by atoms with Gasteiger partial charge < -0.3 is 5.11 Å². The third-order valence-electron chi connectivity index (χ3n) is 2.50. The monoisotopic (exact) mass is 234 g/mol. The number of benzene rings is 1. The predicted molar refractivity (Wildman–Crippen MR) is 60.3 cm³/mol. The minimum Gasteiger partial charge on any atom is -0.478 e. The maximum absolute atomic E-state index is 13.4. The van der Waals surface area contributed by atoms with Crippen molar-refractivity contribution in [3.8, 4) is 11.3 Å². The highest BCUT2D eigenvalue weighted by molar-refractivity contribution is 5.94. The third-order valence-corrected chi connectivity index (χ3v) is 2.50. The highest BCUT2D eigenvalue weighted by Gasteiger charge is 2.16. The number of carboxylic acids is 1. The first kappa shape index (κ1) is 11.3. The fraction of sp³-hybridized carbons (Fsp3) is 0.167. The van der Waals surface area contributed by atoms with Crippen molar-refractivity contribution < 1.29 is 14.3 Å². The number of carboxylic acid groups (broad SMARTS) is 1. The number of halogens is 1. The van der Waals surface area contributed by atoms with Crippen molar-refractivity contribution in [1.82, 2.24) is 9.78 Å². The Morgan fingerprint density at radius 2 is 2.18 bits per heavy atom. The van der Waals surface area contributed by atoms with Crippen LogP contribution in [0.2, 0.25) is 0 Å². The molecule has 0 aliphatic heterocycles. The summed E-state index contributed by atoms with van der Waals surface area (Å²) in [6.07, 6.45) is 1.40. The zero-order valence-electron chi connectivity index (χ0n) is 9.44.